The number of rotatable bonds is 3. The quantitative estimate of drug-likeness (QED) is 0.692. The Kier molecular flexibility index (Phi) is 3.74. The maximum atomic E-state index is 13.2. The van der Waals surface area contributed by atoms with Gasteiger partial charge in [-0.3, -0.25) is 0 Å². The van der Waals surface area contributed by atoms with Crippen LogP contribution in [0.15, 0.2) is 24.8 Å². The number of benzene rings is 1. The third-order valence-corrected chi connectivity index (χ3v) is 2.69. The molecule has 0 nitrogen and oxygen atoms in total. The van der Waals surface area contributed by atoms with E-state index in [9.17, 15) is 8.78 Å². The van der Waals surface area contributed by atoms with Gasteiger partial charge >= 0.3 is 0 Å². The van der Waals surface area contributed by atoms with E-state index in [1.165, 1.54) is 12.1 Å². The Balaban J connectivity index is 3.24. The molecular formula is C13H15ClF2. The monoisotopic (exact) mass is 244 g/mol. The number of halogens is 3. The fraction of sp³-hybridized carbons (Fsp3) is 0.385. The van der Waals surface area contributed by atoms with E-state index in [2.05, 4.69) is 6.58 Å². The summed E-state index contributed by atoms with van der Waals surface area (Å²) in [6.45, 7) is 8.68. The van der Waals surface area contributed by atoms with Gasteiger partial charge in [-0.2, -0.15) is 0 Å². The Morgan fingerprint density at radius 1 is 1.31 bits per heavy atom. The van der Waals surface area contributed by atoms with Crippen LogP contribution >= 0.6 is 11.6 Å². The van der Waals surface area contributed by atoms with Crippen LogP contribution in [0.25, 0.3) is 5.57 Å². The normalized spacial score (nSPS) is 11.9. The largest absolute Gasteiger partial charge is 0.270 e. The predicted molar refractivity (Wildman–Crippen MR) is 64.9 cm³/mol. The van der Waals surface area contributed by atoms with E-state index in [0.29, 0.717) is 10.6 Å². The number of alkyl halides is 2. The van der Waals surface area contributed by atoms with E-state index < -0.39 is 5.92 Å². The van der Waals surface area contributed by atoms with Crippen molar-refractivity contribution < 1.29 is 8.78 Å². The van der Waals surface area contributed by atoms with Crippen LogP contribution < -0.4 is 0 Å². The fourth-order valence-electron chi connectivity index (χ4n) is 1.36. The highest BCUT2D eigenvalue weighted by Gasteiger charge is 2.25. The van der Waals surface area contributed by atoms with E-state index in [4.69, 9.17) is 11.6 Å². The van der Waals surface area contributed by atoms with Gasteiger partial charge in [-0.1, -0.05) is 32.0 Å². The molecule has 1 aromatic carbocycles. The Morgan fingerprint density at radius 3 is 2.31 bits per heavy atom. The van der Waals surface area contributed by atoms with Gasteiger partial charge in [-0.05, 0) is 35.3 Å². The molecule has 0 aliphatic carbocycles. The van der Waals surface area contributed by atoms with Crippen LogP contribution in [0, 0.1) is 5.92 Å². The van der Waals surface area contributed by atoms with Gasteiger partial charge in [0.05, 0.1) is 0 Å². The zero-order valence-corrected chi connectivity index (χ0v) is 10.4. The second-order valence-corrected chi connectivity index (χ2v) is 4.73. The Bertz CT molecular complexity index is 403. The third-order valence-electron chi connectivity index (χ3n) is 2.47. The van der Waals surface area contributed by atoms with Crippen molar-refractivity contribution in [3.8, 4) is 0 Å². The van der Waals surface area contributed by atoms with Crippen molar-refractivity contribution in [2.75, 3.05) is 0 Å². The van der Waals surface area contributed by atoms with Crippen LogP contribution in [0.4, 0.5) is 8.78 Å². The van der Waals surface area contributed by atoms with Crippen LogP contribution in [0.1, 0.15) is 31.9 Å². The van der Waals surface area contributed by atoms with Gasteiger partial charge in [0.2, 0.25) is 0 Å². The molecule has 0 spiro atoms. The van der Waals surface area contributed by atoms with Crippen molar-refractivity contribution >= 4 is 17.2 Å². The first-order chi connectivity index (χ1) is 7.21. The van der Waals surface area contributed by atoms with E-state index in [-0.39, 0.29) is 11.5 Å². The molecule has 0 heterocycles. The van der Waals surface area contributed by atoms with Crippen molar-refractivity contribution in [3.63, 3.8) is 0 Å². The fourth-order valence-corrected chi connectivity index (χ4v) is 1.60. The molecule has 3 heteroatoms. The van der Waals surface area contributed by atoms with Crippen molar-refractivity contribution in [3.05, 3.63) is 40.9 Å². The minimum atomic E-state index is -2.88. The van der Waals surface area contributed by atoms with Gasteiger partial charge in [0, 0.05) is 17.5 Å². The molecule has 0 aliphatic rings. The summed E-state index contributed by atoms with van der Waals surface area (Å²) in [5, 5.41) is 0.316. The molecule has 0 saturated carbocycles. The van der Waals surface area contributed by atoms with E-state index in [1.807, 2.05) is 13.8 Å². The molecule has 1 aromatic rings. The highest BCUT2D eigenvalue weighted by Crippen LogP contribution is 2.33. The summed E-state index contributed by atoms with van der Waals surface area (Å²) < 4.78 is 26.4. The summed E-state index contributed by atoms with van der Waals surface area (Å²) in [6.07, 6.45) is 0. The van der Waals surface area contributed by atoms with Gasteiger partial charge in [0.1, 0.15) is 0 Å². The number of hydrogen-bond donors (Lipinski definition) is 0. The molecule has 0 unspecified atom stereocenters. The molecule has 0 aromatic heterocycles. The lowest BCUT2D eigenvalue weighted by Gasteiger charge is -2.15. The molecule has 0 radical (unpaired) electrons. The van der Waals surface area contributed by atoms with Gasteiger partial charge < -0.3 is 0 Å². The van der Waals surface area contributed by atoms with E-state index >= 15 is 0 Å². The summed E-state index contributed by atoms with van der Waals surface area (Å²) in [7, 11) is 0. The first-order valence-electron chi connectivity index (χ1n) is 5.10. The maximum Gasteiger partial charge on any atom is 0.270 e. The second kappa shape index (κ2) is 4.54. The third kappa shape index (κ3) is 3.05. The first kappa shape index (κ1) is 13.2. The lowest BCUT2D eigenvalue weighted by molar-refractivity contribution is 0.0174. The maximum absolute atomic E-state index is 13.2. The molecule has 1 rings (SSSR count). The van der Waals surface area contributed by atoms with Crippen molar-refractivity contribution in [2.45, 2.75) is 26.7 Å². The van der Waals surface area contributed by atoms with Gasteiger partial charge in [0.25, 0.3) is 5.92 Å². The summed E-state index contributed by atoms with van der Waals surface area (Å²) in [5.41, 5.74) is 1.42. The van der Waals surface area contributed by atoms with Crippen LogP contribution in [-0.2, 0) is 5.92 Å². The van der Waals surface area contributed by atoms with Gasteiger partial charge in [0.15, 0.2) is 0 Å². The average molecular weight is 245 g/mol. The Hall–Kier alpha value is -0.890. The lowest BCUT2D eigenvalue weighted by atomic mass is 9.94. The molecule has 0 fully saturated rings. The second-order valence-electron chi connectivity index (χ2n) is 4.30. The summed E-state index contributed by atoms with van der Waals surface area (Å²) in [5.74, 6) is -2.67. The lowest BCUT2D eigenvalue weighted by Crippen LogP contribution is -2.07. The smallest absolute Gasteiger partial charge is 0.202 e. The Labute approximate surface area is 99.9 Å². The zero-order chi connectivity index (χ0) is 12.5. The highest BCUT2D eigenvalue weighted by molar-refractivity contribution is 6.30. The summed E-state index contributed by atoms with van der Waals surface area (Å²) >= 11 is 5.83. The molecule has 0 atom stereocenters. The van der Waals surface area contributed by atoms with Gasteiger partial charge in [-0.15, -0.1) is 0 Å². The van der Waals surface area contributed by atoms with Crippen LogP contribution in [-0.4, -0.2) is 0 Å². The molecule has 0 bridgehead atoms. The van der Waals surface area contributed by atoms with Gasteiger partial charge in [-0.25, -0.2) is 8.78 Å². The average Bonchev–Trinajstić information content (AvgIpc) is 2.14. The van der Waals surface area contributed by atoms with Crippen molar-refractivity contribution in [1.82, 2.24) is 0 Å². The van der Waals surface area contributed by atoms with Crippen LogP contribution in [0.2, 0.25) is 5.02 Å². The highest BCUT2D eigenvalue weighted by atomic mass is 35.5. The van der Waals surface area contributed by atoms with Crippen molar-refractivity contribution in [1.29, 1.82) is 0 Å². The van der Waals surface area contributed by atoms with E-state index in [1.54, 1.807) is 6.07 Å². The first-order valence-corrected chi connectivity index (χ1v) is 5.47. The minimum Gasteiger partial charge on any atom is -0.202 e. The number of allylic oxidation sites excluding steroid dienone is 1. The van der Waals surface area contributed by atoms with Crippen molar-refractivity contribution in [2.24, 2.45) is 5.92 Å². The minimum absolute atomic E-state index is 0.0724. The van der Waals surface area contributed by atoms with E-state index in [0.717, 1.165) is 12.5 Å². The number of hydrogen-bond acceptors (Lipinski definition) is 0. The van der Waals surface area contributed by atoms with Crippen LogP contribution in [0.5, 0.6) is 0 Å². The SMILES string of the molecule is C=C(c1cc(Cl)cc(C(C)(F)F)c1)C(C)C. The standard InChI is InChI=1S/C13H15ClF2/c1-8(2)9(3)10-5-11(13(4,15)16)7-12(14)6-10/h5-8H,3H2,1-2,4H3. The molecule has 0 amide bonds. The zero-order valence-electron chi connectivity index (χ0n) is 9.65. The molecule has 0 N–H and O–H groups in total. The summed E-state index contributed by atoms with van der Waals surface area (Å²) in [6, 6.07) is 4.41. The molecule has 88 valence electrons. The molecule has 0 aliphatic heterocycles. The topological polar surface area (TPSA) is 0 Å². The predicted octanol–water partition coefficient (Wildman–Crippen LogP) is 5.12. The molecular weight excluding hydrogens is 230 g/mol. The van der Waals surface area contributed by atoms with Crippen LogP contribution in [0.3, 0.4) is 0 Å². The summed E-state index contributed by atoms with van der Waals surface area (Å²) in [4.78, 5) is 0. The molecule has 16 heavy (non-hydrogen) atoms. The Morgan fingerprint density at radius 2 is 1.88 bits per heavy atom. The molecule has 0 saturated heterocycles.